The van der Waals surface area contributed by atoms with Gasteiger partial charge < -0.3 is 10.6 Å². The molecule has 1 saturated heterocycles. The van der Waals surface area contributed by atoms with Crippen molar-refractivity contribution in [3.63, 3.8) is 0 Å². The molecule has 1 unspecified atom stereocenters. The maximum atomic E-state index is 14.9. The van der Waals surface area contributed by atoms with Gasteiger partial charge in [0, 0.05) is 61.1 Å². The predicted octanol–water partition coefficient (Wildman–Crippen LogP) is 4.00. The minimum Gasteiger partial charge on any atom is -0.363 e. The van der Waals surface area contributed by atoms with Gasteiger partial charge in [0.15, 0.2) is 0 Å². The van der Waals surface area contributed by atoms with Gasteiger partial charge in [-0.15, -0.1) is 11.3 Å². The van der Waals surface area contributed by atoms with Crippen molar-refractivity contribution in [2.24, 2.45) is 5.73 Å². The van der Waals surface area contributed by atoms with Crippen molar-refractivity contribution in [3.8, 4) is 0 Å². The van der Waals surface area contributed by atoms with E-state index in [1.54, 1.807) is 47.2 Å². The number of rotatable bonds is 8. The van der Waals surface area contributed by atoms with Gasteiger partial charge in [-0.2, -0.15) is 13.2 Å². The van der Waals surface area contributed by atoms with Gasteiger partial charge in [0.05, 0.1) is 24.2 Å². The van der Waals surface area contributed by atoms with Crippen LogP contribution < -0.4 is 21.9 Å². The van der Waals surface area contributed by atoms with Crippen LogP contribution >= 0.6 is 11.3 Å². The molecule has 0 bridgehead atoms. The Morgan fingerprint density at radius 1 is 0.976 bits per heavy atom. The molecule has 3 heterocycles. The van der Waals surface area contributed by atoms with Gasteiger partial charge in [-0.05, 0) is 24.6 Å². The van der Waals surface area contributed by atoms with Crippen molar-refractivity contribution in [1.29, 1.82) is 0 Å². The third-order valence-corrected chi connectivity index (χ3v) is 8.32. The fourth-order valence-corrected chi connectivity index (χ4v) is 5.95. The Morgan fingerprint density at radius 3 is 2.33 bits per heavy atom. The van der Waals surface area contributed by atoms with Gasteiger partial charge >= 0.3 is 11.9 Å². The van der Waals surface area contributed by atoms with Crippen LogP contribution in [-0.4, -0.2) is 45.2 Å². The smallest absolute Gasteiger partial charge is 0.363 e. The molecule has 1 atom stereocenters. The molecule has 0 spiro atoms. The van der Waals surface area contributed by atoms with Crippen molar-refractivity contribution in [2.45, 2.75) is 38.8 Å². The van der Waals surface area contributed by atoms with Crippen molar-refractivity contribution in [3.05, 3.63) is 114 Å². The van der Waals surface area contributed by atoms with Crippen LogP contribution in [0.3, 0.4) is 0 Å². The zero-order valence-electron chi connectivity index (χ0n) is 22.9. The second-order valence-corrected chi connectivity index (χ2v) is 11.2. The zero-order valence-corrected chi connectivity index (χ0v) is 23.7. The number of anilines is 1. The van der Waals surface area contributed by atoms with E-state index in [0.717, 1.165) is 32.2 Å². The predicted molar refractivity (Wildman–Crippen MR) is 153 cm³/mol. The molecule has 13 heteroatoms. The number of alkyl halides is 3. The van der Waals surface area contributed by atoms with E-state index in [0.29, 0.717) is 38.3 Å². The average Bonchev–Trinajstić information content (AvgIpc) is 3.48. The van der Waals surface area contributed by atoms with E-state index < -0.39 is 47.0 Å². The van der Waals surface area contributed by atoms with Gasteiger partial charge in [-0.25, -0.2) is 9.18 Å². The lowest BCUT2D eigenvalue weighted by Crippen LogP contribution is -2.51. The number of hydrogen-bond acceptors (Lipinski definition) is 7. The van der Waals surface area contributed by atoms with E-state index in [-0.39, 0.29) is 17.9 Å². The molecular formula is C29H30F4N6O2S. The molecule has 0 amide bonds. The summed E-state index contributed by atoms with van der Waals surface area (Å²) in [6.07, 6.45) is -3.03. The van der Waals surface area contributed by atoms with Gasteiger partial charge in [0.25, 0.3) is 5.56 Å². The molecule has 8 nitrogen and oxygen atoms in total. The number of halogens is 4. The standard InChI is InChI=1S/C29H30F4N6O2S/c1-19-26(37-12-10-36(11-13-37)15-21-14-35-18-42-21)27(40)39(17-25(34)20-6-3-2-4-7-20)28(41)38(19)16-22-23(29(31,32)33)8-5-9-24(22)30/h2-9,14,18,25H,10-13,15-17,34H2,1H3. The number of aromatic nitrogens is 3. The largest absolute Gasteiger partial charge is 0.416 e. The highest BCUT2D eigenvalue weighted by atomic mass is 32.1. The number of benzene rings is 2. The highest BCUT2D eigenvalue weighted by molar-refractivity contribution is 7.09. The Bertz CT molecular complexity index is 1650. The van der Waals surface area contributed by atoms with Crippen LogP contribution in [-0.2, 0) is 25.8 Å². The topological polar surface area (TPSA) is 89.4 Å². The molecule has 0 aliphatic carbocycles. The van der Waals surface area contributed by atoms with E-state index in [1.165, 1.54) is 6.92 Å². The van der Waals surface area contributed by atoms with E-state index in [1.807, 2.05) is 11.1 Å². The van der Waals surface area contributed by atoms with Crippen LogP contribution in [0, 0.1) is 12.7 Å². The fourth-order valence-electron chi connectivity index (χ4n) is 5.31. The quantitative estimate of drug-likeness (QED) is 0.307. The molecule has 2 aromatic carbocycles. The molecule has 4 aromatic rings. The van der Waals surface area contributed by atoms with Crippen LogP contribution in [0.5, 0.6) is 0 Å². The Hall–Kier alpha value is -3.81. The number of piperazine rings is 1. The summed E-state index contributed by atoms with van der Waals surface area (Å²) in [6.45, 7) is 3.44. The Balaban J connectivity index is 1.56. The molecule has 222 valence electrons. The van der Waals surface area contributed by atoms with E-state index in [9.17, 15) is 27.2 Å². The molecule has 0 saturated carbocycles. The first kappa shape index (κ1) is 29.7. The summed E-state index contributed by atoms with van der Waals surface area (Å²) in [5, 5.41) is 0. The highest BCUT2D eigenvalue weighted by Gasteiger charge is 2.35. The van der Waals surface area contributed by atoms with Crippen LogP contribution in [0.2, 0.25) is 0 Å². The van der Waals surface area contributed by atoms with Crippen LogP contribution in [0.25, 0.3) is 0 Å². The Labute approximate surface area is 243 Å². The highest BCUT2D eigenvalue weighted by Crippen LogP contribution is 2.33. The maximum absolute atomic E-state index is 14.9. The Morgan fingerprint density at radius 2 is 1.69 bits per heavy atom. The van der Waals surface area contributed by atoms with Crippen LogP contribution in [0.1, 0.15) is 33.3 Å². The summed E-state index contributed by atoms with van der Waals surface area (Å²) in [7, 11) is 0. The summed E-state index contributed by atoms with van der Waals surface area (Å²) in [5.74, 6) is -1.09. The summed E-state index contributed by atoms with van der Waals surface area (Å²) >= 11 is 1.55. The van der Waals surface area contributed by atoms with Gasteiger partial charge in [0.1, 0.15) is 11.5 Å². The molecular weight excluding hydrogens is 572 g/mol. The molecule has 1 fully saturated rings. The lowest BCUT2D eigenvalue weighted by atomic mass is 10.1. The minimum atomic E-state index is -4.84. The fraction of sp³-hybridized carbons (Fsp3) is 0.345. The molecule has 0 radical (unpaired) electrons. The SMILES string of the molecule is Cc1c(N2CCN(Cc3cncs3)CC2)c(=O)n(CC(N)c2ccccc2)c(=O)n1Cc1c(F)cccc1C(F)(F)F. The van der Waals surface area contributed by atoms with Crippen molar-refractivity contribution >= 4 is 17.0 Å². The molecule has 5 rings (SSSR count). The van der Waals surface area contributed by atoms with Gasteiger partial charge in [-0.3, -0.25) is 23.8 Å². The molecule has 1 aliphatic rings. The molecule has 2 N–H and O–H groups in total. The van der Waals surface area contributed by atoms with Crippen molar-refractivity contribution in [1.82, 2.24) is 19.0 Å². The van der Waals surface area contributed by atoms with Crippen molar-refractivity contribution < 1.29 is 17.6 Å². The second kappa shape index (κ2) is 12.2. The van der Waals surface area contributed by atoms with Gasteiger partial charge in [0.2, 0.25) is 0 Å². The number of thiazole rings is 1. The number of nitrogens with zero attached hydrogens (tertiary/aromatic N) is 5. The van der Waals surface area contributed by atoms with E-state index in [2.05, 4.69) is 9.88 Å². The minimum absolute atomic E-state index is 0.168. The molecule has 42 heavy (non-hydrogen) atoms. The lowest BCUT2D eigenvalue weighted by Gasteiger charge is -2.36. The summed E-state index contributed by atoms with van der Waals surface area (Å²) < 4.78 is 58.4. The van der Waals surface area contributed by atoms with Crippen LogP contribution in [0.4, 0.5) is 23.2 Å². The molecule has 1 aliphatic heterocycles. The zero-order chi connectivity index (χ0) is 30.0. The van der Waals surface area contributed by atoms with Crippen molar-refractivity contribution in [2.75, 3.05) is 31.1 Å². The number of nitrogens with two attached hydrogens (primary N) is 1. The maximum Gasteiger partial charge on any atom is 0.416 e. The van der Waals surface area contributed by atoms with Crippen LogP contribution in [0.15, 0.2) is 69.8 Å². The first-order valence-electron chi connectivity index (χ1n) is 13.4. The monoisotopic (exact) mass is 602 g/mol. The first-order valence-corrected chi connectivity index (χ1v) is 14.3. The lowest BCUT2D eigenvalue weighted by molar-refractivity contribution is -0.138. The summed E-state index contributed by atoms with van der Waals surface area (Å²) in [6, 6.07) is 10.8. The van der Waals surface area contributed by atoms with Gasteiger partial charge in [-0.1, -0.05) is 36.4 Å². The normalized spacial score (nSPS) is 15.2. The second-order valence-electron chi connectivity index (χ2n) is 10.2. The Kier molecular flexibility index (Phi) is 8.62. The number of hydrogen-bond donors (Lipinski definition) is 1. The molecule has 2 aromatic heterocycles. The third-order valence-electron chi connectivity index (χ3n) is 7.56. The average molecular weight is 603 g/mol. The third kappa shape index (κ3) is 6.18. The summed E-state index contributed by atoms with van der Waals surface area (Å²) in [4.78, 5) is 36.9. The summed E-state index contributed by atoms with van der Waals surface area (Å²) in [5.41, 5.74) is 5.90. The van der Waals surface area contributed by atoms with E-state index >= 15 is 0 Å². The van der Waals surface area contributed by atoms with E-state index in [4.69, 9.17) is 5.73 Å². The first-order chi connectivity index (χ1) is 20.0.